The molecule has 0 atom stereocenters. The van der Waals surface area contributed by atoms with Gasteiger partial charge in [0.15, 0.2) is 0 Å². The van der Waals surface area contributed by atoms with E-state index in [0.717, 1.165) is 6.42 Å². The molecule has 1 rings (SSSR count). The zero-order chi connectivity index (χ0) is 11.4. The predicted octanol–water partition coefficient (Wildman–Crippen LogP) is 2.34. The average molecular weight is 207 g/mol. The van der Waals surface area contributed by atoms with Gasteiger partial charge in [0.25, 0.3) is 5.69 Å². The average Bonchev–Trinajstić information content (AvgIpc) is 2.18. The molecule has 5 nitrogen and oxygen atoms in total. The van der Waals surface area contributed by atoms with Gasteiger partial charge in [-0.2, -0.15) is 0 Å². The van der Waals surface area contributed by atoms with Gasteiger partial charge in [-0.15, -0.1) is 0 Å². The zero-order valence-electron chi connectivity index (χ0n) is 8.49. The van der Waals surface area contributed by atoms with Crippen LogP contribution in [0.1, 0.15) is 25.3 Å². The number of nitro groups is 1. The number of hydrogen-bond donors (Lipinski definition) is 2. The fourth-order valence-corrected chi connectivity index (χ4v) is 1.30. The maximum absolute atomic E-state index is 10.5. The van der Waals surface area contributed by atoms with E-state index >= 15 is 0 Å². The molecule has 1 aromatic rings. The monoisotopic (exact) mass is 207 g/mol. The standard InChI is InChI=1S/C10H13N3O2/c1-2-3-9(11)8-6-7(13(14)15)4-5-10(8)12/h4-6,11H,2-3,12H2,1H3. The van der Waals surface area contributed by atoms with Gasteiger partial charge in [-0.1, -0.05) is 13.3 Å². The maximum Gasteiger partial charge on any atom is 0.270 e. The van der Waals surface area contributed by atoms with E-state index in [1.165, 1.54) is 18.2 Å². The lowest BCUT2D eigenvalue weighted by Crippen LogP contribution is -2.04. The summed E-state index contributed by atoms with van der Waals surface area (Å²) in [6, 6.07) is 4.17. The first-order valence-electron chi connectivity index (χ1n) is 4.68. The number of nitrogens with zero attached hydrogens (tertiary/aromatic N) is 1. The van der Waals surface area contributed by atoms with Gasteiger partial charge in [0.05, 0.1) is 4.92 Å². The predicted molar refractivity (Wildman–Crippen MR) is 59.2 cm³/mol. The smallest absolute Gasteiger partial charge is 0.270 e. The van der Waals surface area contributed by atoms with Crippen LogP contribution in [0.3, 0.4) is 0 Å². The lowest BCUT2D eigenvalue weighted by molar-refractivity contribution is -0.384. The molecular weight excluding hydrogens is 194 g/mol. The normalized spacial score (nSPS) is 9.93. The minimum absolute atomic E-state index is 0.0277. The molecule has 0 heterocycles. The molecule has 5 heteroatoms. The lowest BCUT2D eigenvalue weighted by Gasteiger charge is -2.05. The lowest BCUT2D eigenvalue weighted by atomic mass is 10.0. The Balaban J connectivity index is 3.10. The van der Waals surface area contributed by atoms with Crippen molar-refractivity contribution in [1.29, 1.82) is 5.41 Å². The Labute approximate surface area is 87.6 Å². The molecule has 0 amide bonds. The molecule has 0 aromatic heterocycles. The number of anilines is 1. The number of non-ortho nitro benzene ring substituents is 1. The Morgan fingerprint density at radius 1 is 1.60 bits per heavy atom. The summed E-state index contributed by atoms with van der Waals surface area (Å²) in [4.78, 5) is 10.1. The second kappa shape index (κ2) is 4.54. The minimum Gasteiger partial charge on any atom is -0.398 e. The third-order valence-electron chi connectivity index (χ3n) is 2.07. The van der Waals surface area contributed by atoms with Crippen LogP contribution in [0.25, 0.3) is 0 Å². The molecule has 3 N–H and O–H groups in total. The van der Waals surface area contributed by atoms with Crippen LogP contribution in [0.15, 0.2) is 18.2 Å². The molecule has 0 saturated heterocycles. The Morgan fingerprint density at radius 3 is 2.80 bits per heavy atom. The molecule has 0 bridgehead atoms. The Bertz CT molecular complexity index is 402. The van der Waals surface area contributed by atoms with Crippen molar-refractivity contribution < 1.29 is 4.92 Å². The molecule has 0 aliphatic carbocycles. The highest BCUT2D eigenvalue weighted by molar-refractivity contribution is 6.03. The van der Waals surface area contributed by atoms with Gasteiger partial charge in [0.1, 0.15) is 0 Å². The third kappa shape index (κ3) is 2.52. The van der Waals surface area contributed by atoms with Crippen LogP contribution in [0.2, 0.25) is 0 Å². The molecule has 15 heavy (non-hydrogen) atoms. The zero-order valence-corrected chi connectivity index (χ0v) is 8.49. The van der Waals surface area contributed by atoms with Crippen molar-refractivity contribution in [3.8, 4) is 0 Å². The summed E-state index contributed by atoms with van der Waals surface area (Å²) < 4.78 is 0. The van der Waals surface area contributed by atoms with Crippen LogP contribution in [0, 0.1) is 15.5 Å². The highest BCUT2D eigenvalue weighted by atomic mass is 16.6. The molecule has 0 saturated carbocycles. The molecule has 80 valence electrons. The van der Waals surface area contributed by atoms with E-state index in [1.54, 1.807) is 0 Å². The second-order valence-electron chi connectivity index (χ2n) is 3.26. The molecule has 0 fully saturated rings. The summed E-state index contributed by atoms with van der Waals surface area (Å²) in [7, 11) is 0. The van der Waals surface area contributed by atoms with E-state index in [1.807, 2.05) is 6.92 Å². The summed E-state index contributed by atoms with van der Waals surface area (Å²) in [5, 5.41) is 18.2. The number of nitrogens with one attached hydrogen (secondary N) is 1. The van der Waals surface area contributed by atoms with Crippen LogP contribution in [0.4, 0.5) is 11.4 Å². The van der Waals surface area contributed by atoms with Gasteiger partial charge in [-0.05, 0) is 12.5 Å². The molecular formula is C10H13N3O2. The molecule has 0 aliphatic rings. The first-order valence-corrected chi connectivity index (χ1v) is 4.68. The van der Waals surface area contributed by atoms with Crippen molar-refractivity contribution in [3.05, 3.63) is 33.9 Å². The van der Waals surface area contributed by atoms with Crippen LogP contribution < -0.4 is 5.73 Å². The van der Waals surface area contributed by atoms with E-state index in [9.17, 15) is 10.1 Å². The SMILES string of the molecule is CCCC(=N)c1cc([N+](=O)[O-])ccc1N. The van der Waals surface area contributed by atoms with Crippen molar-refractivity contribution in [1.82, 2.24) is 0 Å². The minimum atomic E-state index is -0.484. The van der Waals surface area contributed by atoms with Gasteiger partial charge in [0, 0.05) is 29.1 Å². The van der Waals surface area contributed by atoms with E-state index in [2.05, 4.69) is 0 Å². The van der Waals surface area contributed by atoms with Crippen LogP contribution >= 0.6 is 0 Å². The van der Waals surface area contributed by atoms with E-state index in [-0.39, 0.29) is 5.69 Å². The van der Waals surface area contributed by atoms with Gasteiger partial charge in [0.2, 0.25) is 0 Å². The van der Waals surface area contributed by atoms with E-state index in [4.69, 9.17) is 11.1 Å². The number of hydrogen-bond acceptors (Lipinski definition) is 4. The van der Waals surface area contributed by atoms with Gasteiger partial charge < -0.3 is 11.1 Å². The summed E-state index contributed by atoms with van der Waals surface area (Å²) in [5.74, 6) is 0. The van der Waals surface area contributed by atoms with Crippen molar-refractivity contribution in [2.24, 2.45) is 0 Å². The number of rotatable bonds is 4. The summed E-state index contributed by atoms with van der Waals surface area (Å²) in [5.41, 5.74) is 6.86. The van der Waals surface area contributed by atoms with Crippen molar-refractivity contribution in [2.45, 2.75) is 19.8 Å². The molecule has 0 radical (unpaired) electrons. The van der Waals surface area contributed by atoms with Gasteiger partial charge in [-0.3, -0.25) is 10.1 Å². The first kappa shape index (κ1) is 11.2. The van der Waals surface area contributed by atoms with E-state index < -0.39 is 4.92 Å². The topological polar surface area (TPSA) is 93.0 Å². The van der Waals surface area contributed by atoms with Crippen LogP contribution in [-0.4, -0.2) is 10.6 Å². The van der Waals surface area contributed by atoms with Crippen molar-refractivity contribution >= 4 is 17.1 Å². The largest absolute Gasteiger partial charge is 0.398 e. The highest BCUT2D eigenvalue weighted by Crippen LogP contribution is 2.21. The third-order valence-corrected chi connectivity index (χ3v) is 2.07. The summed E-state index contributed by atoms with van der Waals surface area (Å²) in [6.07, 6.45) is 1.40. The van der Waals surface area contributed by atoms with E-state index in [0.29, 0.717) is 23.4 Å². The molecule has 0 aliphatic heterocycles. The van der Waals surface area contributed by atoms with Gasteiger partial charge >= 0.3 is 0 Å². The molecule has 0 spiro atoms. The summed E-state index contributed by atoms with van der Waals surface area (Å²) >= 11 is 0. The highest BCUT2D eigenvalue weighted by Gasteiger charge is 2.11. The van der Waals surface area contributed by atoms with Crippen molar-refractivity contribution in [2.75, 3.05) is 5.73 Å². The van der Waals surface area contributed by atoms with Gasteiger partial charge in [-0.25, -0.2) is 0 Å². The maximum atomic E-state index is 10.5. The Hall–Kier alpha value is -1.91. The quantitative estimate of drug-likeness (QED) is 0.343. The second-order valence-corrected chi connectivity index (χ2v) is 3.26. The molecule has 1 aromatic carbocycles. The Morgan fingerprint density at radius 2 is 2.27 bits per heavy atom. The summed E-state index contributed by atoms with van der Waals surface area (Å²) in [6.45, 7) is 1.95. The van der Waals surface area contributed by atoms with Crippen LogP contribution in [0.5, 0.6) is 0 Å². The number of nitrogens with two attached hydrogens (primary N) is 1. The van der Waals surface area contributed by atoms with Crippen molar-refractivity contribution in [3.63, 3.8) is 0 Å². The number of nitrogen functional groups attached to an aromatic ring is 1. The fraction of sp³-hybridized carbons (Fsp3) is 0.300. The Kier molecular flexibility index (Phi) is 3.38. The number of benzene rings is 1. The number of nitro benzene ring substituents is 1. The van der Waals surface area contributed by atoms with Crippen LogP contribution in [-0.2, 0) is 0 Å². The molecule has 0 unspecified atom stereocenters. The first-order chi connectivity index (χ1) is 7.06. The fourth-order valence-electron chi connectivity index (χ4n) is 1.30.